The number of likely N-dealkylation sites (N-methyl/N-ethyl adjacent to an activating group) is 1. The van der Waals surface area contributed by atoms with Crippen LogP contribution in [0, 0.1) is 0 Å². The summed E-state index contributed by atoms with van der Waals surface area (Å²) in [5.41, 5.74) is 0.556. The molecule has 1 N–H and O–H groups in total. The molecule has 1 fully saturated rings. The monoisotopic (exact) mass is 427 g/mol. The number of benzene rings is 1. The Hall–Kier alpha value is -1.05. The molecule has 1 aliphatic rings. The summed E-state index contributed by atoms with van der Waals surface area (Å²) < 4.78 is 0.736. The number of halogens is 1. The van der Waals surface area contributed by atoms with Gasteiger partial charge in [-0.05, 0) is 66.5 Å². The molecule has 2 rings (SSSR count). The molecule has 7 heteroatoms. The number of carbonyl (C=O) groups excluding carboxylic acids is 2. The predicted octanol–water partition coefficient (Wildman–Crippen LogP) is 2.46. The van der Waals surface area contributed by atoms with Gasteiger partial charge in [0.2, 0.25) is 5.91 Å². The van der Waals surface area contributed by atoms with Crippen LogP contribution in [-0.2, 0) is 4.79 Å². The van der Waals surface area contributed by atoms with Gasteiger partial charge in [0.15, 0.2) is 0 Å². The zero-order valence-electron chi connectivity index (χ0n) is 14.8. The zero-order chi connectivity index (χ0) is 18.2. The molecule has 0 aliphatic carbocycles. The van der Waals surface area contributed by atoms with Crippen LogP contribution in [0.2, 0.25) is 0 Å². The Morgan fingerprint density at radius 2 is 2.00 bits per heavy atom. The van der Waals surface area contributed by atoms with Gasteiger partial charge in [-0.25, -0.2) is 0 Å². The average Bonchev–Trinajstić information content (AvgIpc) is 2.82. The lowest BCUT2D eigenvalue weighted by Crippen LogP contribution is -2.49. The molecular weight excluding hydrogens is 402 g/mol. The van der Waals surface area contributed by atoms with Crippen LogP contribution in [0.25, 0.3) is 0 Å². The van der Waals surface area contributed by atoms with Gasteiger partial charge in [0, 0.05) is 24.1 Å². The summed E-state index contributed by atoms with van der Waals surface area (Å²) in [5, 5.41) is 2.95. The molecule has 25 heavy (non-hydrogen) atoms. The van der Waals surface area contributed by atoms with Crippen molar-refractivity contribution in [3.05, 3.63) is 34.3 Å². The maximum atomic E-state index is 13.0. The van der Waals surface area contributed by atoms with Crippen LogP contribution in [0.4, 0.5) is 0 Å². The Kier molecular flexibility index (Phi) is 8.26. The van der Waals surface area contributed by atoms with E-state index in [-0.39, 0.29) is 11.8 Å². The third kappa shape index (κ3) is 6.01. The van der Waals surface area contributed by atoms with E-state index in [0.29, 0.717) is 12.0 Å². The number of thioether (sulfide) groups is 1. The predicted molar refractivity (Wildman–Crippen MR) is 107 cm³/mol. The van der Waals surface area contributed by atoms with Crippen molar-refractivity contribution in [3.8, 4) is 0 Å². The standard InChI is InChI=1S/C18H26BrN3O2S/c1-21-9-5-10-22(12-11-21)18(24)16(8-13-25-2)20-17(23)14-6-3-4-7-15(14)19/h3-4,6-7,16H,5,8-13H2,1-2H3,(H,20,23)/t16-/m0/s1. The molecule has 138 valence electrons. The van der Waals surface area contributed by atoms with Gasteiger partial charge < -0.3 is 15.1 Å². The van der Waals surface area contributed by atoms with Crippen LogP contribution in [0.15, 0.2) is 28.7 Å². The first-order valence-electron chi connectivity index (χ1n) is 8.54. The fourth-order valence-electron chi connectivity index (χ4n) is 2.86. The fourth-order valence-corrected chi connectivity index (χ4v) is 3.80. The highest BCUT2D eigenvalue weighted by atomic mass is 79.9. The number of nitrogens with zero attached hydrogens (tertiary/aromatic N) is 2. The van der Waals surface area contributed by atoms with Crippen LogP contribution in [0.3, 0.4) is 0 Å². The van der Waals surface area contributed by atoms with Crippen LogP contribution in [0.5, 0.6) is 0 Å². The quantitative estimate of drug-likeness (QED) is 0.757. The molecule has 1 aromatic carbocycles. The number of rotatable bonds is 6. The van der Waals surface area contributed by atoms with E-state index in [0.717, 1.165) is 42.8 Å². The van der Waals surface area contributed by atoms with E-state index in [1.807, 2.05) is 29.4 Å². The Bertz CT molecular complexity index is 599. The van der Waals surface area contributed by atoms with Crippen molar-refractivity contribution in [2.24, 2.45) is 0 Å². The minimum Gasteiger partial charge on any atom is -0.340 e. The average molecular weight is 428 g/mol. The summed E-state index contributed by atoms with van der Waals surface area (Å²) in [6.45, 7) is 3.35. The first-order chi connectivity index (χ1) is 12.0. The van der Waals surface area contributed by atoms with Gasteiger partial charge in [0.05, 0.1) is 5.56 Å². The van der Waals surface area contributed by atoms with Crippen molar-refractivity contribution in [2.75, 3.05) is 45.2 Å². The Morgan fingerprint density at radius 1 is 1.24 bits per heavy atom. The van der Waals surface area contributed by atoms with Crippen LogP contribution in [-0.4, -0.2) is 72.9 Å². The van der Waals surface area contributed by atoms with Crippen molar-refractivity contribution in [3.63, 3.8) is 0 Å². The SMILES string of the molecule is CSCC[C@H](NC(=O)c1ccccc1Br)C(=O)N1CCCN(C)CC1. The summed E-state index contributed by atoms with van der Waals surface area (Å²) in [4.78, 5) is 29.7. The maximum Gasteiger partial charge on any atom is 0.253 e. The highest BCUT2D eigenvalue weighted by Crippen LogP contribution is 2.16. The largest absolute Gasteiger partial charge is 0.340 e. The summed E-state index contributed by atoms with van der Waals surface area (Å²) in [5.74, 6) is 0.657. The third-order valence-electron chi connectivity index (χ3n) is 4.36. The van der Waals surface area contributed by atoms with Gasteiger partial charge in [-0.1, -0.05) is 12.1 Å². The Labute approximate surface area is 162 Å². The molecule has 1 heterocycles. The lowest BCUT2D eigenvalue weighted by atomic mass is 10.1. The molecule has 1 aromatic rings. The number of amides is 2. The molecule has 0 unspecified atom stereocenters. The van der Waals surface area contributed by atoms with Crippen molar-refractivity contribution >= 4 is 39.5 Å². The number of hydrogen-bond acceptors (Lipinski definition) is 4. The van der Waals surface area contributed by atoms with Gasteiger partial charge in [-0.3, -0.25) is 9.59 Å². The lowest BCUT2D eigenvalue weighted by molar-refractivity contribution is -0.133. The minimum atomic E-state index is -0.476. The molecular formula is C18H26BrN3O2S. The molecule has 1 aliphatic heterocycles. The van der Waals surface area contributed by atoms with Gasteiger partial charge in [-0.15, -0.1) is 0 Å². The normalized spacial score (nSPS) is 17.0. The van der Waals surface area contributed by atoms with E-state index in [4.69, 9.17) is 0 Å². The Balaban J connectivity index is 2.08. The van der Waals surface area contributed by atoms with E-state index in [1.165, 1.54) is 0 Å². The molecule has 0 radical (unpaired) electrons. The zero-order valence-corrected chi connectivity index (χ0v) is 17.2. The first kappa shape index (κ1) is 20.3. The fraction of sp³-hybridized carbons (Fsp3) is 0.556. The molecule has 0 bridgehead atoms. The van der Waals surface area contributed by atoms with Gasteiger partial charge in [0.25, 0.3) is 5.91 Å². The van der Waals surface area contributed by atoms with Crippen molar-refractivity contribution in [1.29, 1.82) is 0 Å². The van der Waals surface area contributed by atoms with Gasteiger partial charge in [-0.2, -0.15) is 11.8 Å². The van der Waals surface area contributed by atoms with Crippen molar-refractivity contribution in [1.82, 2.24) is 15.1 Å². The van der Waals surface area contributed by atoms with E-state index in [2.05, 4.69) is 33.2 Å². The van der Waals surface area contributed by atoms with Crippen molar-refractivity contribution < 1.29 is 9.59 Å². The van der Waals surface area contributed by atoms with Gasteiger partial charge >= 0.3 is 0 Å². The number of hydrogen-bond donors (Lipinski definition) is 1. The topological polar surface area (TPSA) is 52.7 Å². The van der Waals surface area contributed by atoms with Crippen LogP contribution in [0.1, 0.15) is 23.2 Å². The number of carbonyl (C=O) groups is 2. The molecule has 5 nitrogen and oxygen atoms in total. The van der Waals surface area contributed by atoms with Crippen molar-refractivity contribution in [2.45, 2.75) is 18.9 Å². The summed E-state index contributed by atoms with van der Waals surface area (Å²) in [6.07, 6.45) is 3.62. The summed E-state index contributed by atoms with van der Waals surface area (Å²) in [7, 11) is 2.08. The van der Waals surface area contributed by atoms with Gasteiger partial charge in [0.1, 0.15) is 6.04 Å². The second-order valence-corrected chi connectivity index (χ2v) is 8.11. The first-order valence-corrected chi connectivity index (χ1v) is 10.7. The number of nitrogens with one attached hydrogen (secondary N) is 1. The Morgan fingerprint density at radius 3 is 2.72 bits per heavy atom. The highest BCUT2D eigenvalue weighted by molar-refractivity contribution is 9.10. The molecule has 2 amide bonds. The van der Waals surface area contributed by atoms with E-state index in [1.54, 1.807) is 17.8 Å². The molecule has 1 atom stereocenters. The van der Waals surface area contributed by atoms with E-state index < -0.39 is 6.04 Å². The van der Waals surface area contributed by atoms with Crippen LogP contribution < -0.4 is 5.32 Å². The second kappa shape index (κ2) is 10.2. The highest BCUT2D eigenvalue weighted by Gasteiger charge is 2.27. The lowest BCUT2D eigenvalue weighted by Gasteiger charge is -2.27. The van der Waals surface area contributed by atoms with E-state index >= 15 is 0 Å². The smallest absolute Gasteiger partial charge is 0.253 e. The molecule has 0 spiro atoms. The molecule has 0 saturated carbocycles. The van der Waals surface area contributed by atoms with E-state index in [9.17, 15) is 9.59 Å². The third-order valence-corrected chi connectivity index (χ3v) is 5.70. The molecule has 0 aromatic heterocycles. The molecule has 1 saturated heterocycles. The summed E-state index contributed by atoms with van der Waals surface area (Å²) in [6, 6.07) is 6.80. The second-order valence-electron chi connectivity index (χ2n) is 6.27. The minimum absolute atomic E-state index is 0.0322. The summed E-state index contributed by atoms with van der Waals surface area (Å²) >= 11 is 5.09. The van der Waals surface area contributed by atoms with Crippen LogP contribution >= 0.6 is 27.7 Å². The maximum absolute atomic E-state index is 13.0.